The van der Waals surface area contributed by atoms with E-state index in [0.717, 1.165) is 31.3 Å². The van der Waals surface area contributed by atoms with Crippen LogP contribution in [0.1, 0.15) is 30.3 Å². The van der Waals surface area contributed by atoms with Gasteiger partial charge in [0.2, 0.25) is 5.88 Å². The highest BCUT2D eigenvalue weighted by Crippen LogP contribution is 2.32. The Labute approximate surface area is 162 Å². The van der Waals surface area contributed by atoms with Crippen LogP contribution in [-0.4, -0.2) is 66.6 Å². The van der Waals surface area contributed by atoms with Crippen molar-refractivity contribution in [3.8, 4) is 0 Å². The number of hydrogen-bond acceptors (Lipinski definition) is 6. The summed E-state index contributed by atoms with van der Waals surface area (Å²) in [5.74, 6) is 0.698. The van der Waals surface area contributed by atoms with E-state index < -0.39 is 0 Å². The van der Waals surface area contributed by atoms with Gasteiger partial charge in [0.25, 0.3) is 11.8 Å². The van der Waals surface area contributed by atoms with E-state index in [1.165, 1.54) is 0 Å². The second-order valence-corrected chi connectivity index (χ2v) is 7.90. The second kappa shape index (κ2) is 6.86. The fourth-order valence-corrected chi connectivity index (χ4v) is 4.70. The smallest absolute Gasteiger partial charge is 0.270 e. The summed E-state index contributed by atoms with van der Waals surface area (Å²) < 4.78 is 11.0. The van der Waals surface area contributed by atoms with E-state index in [-0.39, 0.29) is 24.5 Å². The molecule has 0 spiro atoms. The van der Waals surface area contributed by atoms with Crippen LogP contribution >= 0.6 is 0 Å². The first kappa shape index (κ1) is 17.6. The van der Waals surface area contributed by atoms with E-state index in [1.54, 1.807) is 23.2 Å². The Kier molecular flexibility index (Phi) is 4.32. The molecule has 2 aromatic heterocycles. The summed E-state index contributed by atoms with van der Waals surface area (Å²) >= 11 is 0. The molecule has 4 fully saturated rings. The number of ether oxygens (including phenoxy) is 1. The number of rotatable bonds is 3. The largest absolute Gasteiger partial charge is 0.440 e. The number of furan rings is 1. The number of carbonyl (C=O) groups is 2. The lowest BCUT2D eigenvalue weighted by atomic mass is 9.79. The molecule has 2 aromatic rings. The molecule has 0 radical (unpaired) electrons. The lowest BCUT2D eigenvalue weighted by molar-refractivity contribution is -0.125. The maximum absolute atomic E-state index is 12.8. The first-order chi connectivity index (χ1) is 13.6. The van der Waals surface area contributed by atoms with E-state index in [4.69, 9.17) is 9.15 Å². The number of nitrogens with one attached hydrogen (secondary N) is 1. The molecule has 6 rings (SSSR count). The number of anilines is 1. The zero-order chi connectivity index (χ0) is 19.3. The van der Waals surface area contributed by atoms with Gasteiger partial charge in [0.1, 0.15) is 17.9 Å². The van der Waals surface area contributed by atoms with E-state index in [0.29, 0.717) is 42.3 Å². The van der Waals surface area contributed by atoms with Gasteiger partial charge in [-0.25, -0.2) is 0 Å². The minimum Gasteiger partial charge on any atom is -0.440 e. The molecule has 0 saturated carbocycles. The summed E-state index contributed by atoms with van der Waals surface area (Å²) in [5, 5.41) is 3.96. The fraction of sp³-hybridized carbons (Fsp3) is 0.550. The molecular weight excluding hydrogens is 360 g/mol. The van der Waals surface area contributed by atoms with Crippen molar-refractivity contribution < 1.29 is 18.7 Å². The molecule has 0 aromatic carbocycles. The molecule has 1 N–H and O–H groups in total. The molecule has 2 bridgehead atoms. The third-order valence-electron chi connectivity index (χ3n) is 6.35. The van der Waals surface area contributed by atoms with Crippen LogP contribution in [0.15, 0.2) is 22.7 Å². The first-order valence-electron chi connectivity index (χ1n) is 9.93. The van der Waals surface area contributed by atoms with Gasteiger partial charge in [-0.1, -0.05) is 0 Å². The van der Waals surface area contributed by atoms with Crippen LogP contribution in [0.25, 0.3) is 11.0 Å². The lowest BCUT2D eigenvalue weighted by Gasteiger charge is -2.49. The summed E-state index contributed by atoms with van der Waals surface area (Å²) in [7, 11) is 0. The van der Waals surface area contributed by atoms with Gasteiger partial charge in [0.05, 0.1) is 13.2 Å². The van der Waals surface area contributed by atoms with Crippen molar-refractivity contribution in [1.29, 1.82) is 0 Å². The Hall–Kier alpha value is -2.45. The highest BCUT2D eigenvalue weighted by molar-refractivity contribution is 5.98. The van der Waals surface area contributed by atoms with Gasteiger partial charge in [-0.2, -0.15) is 0 Å². The number of carbonyl (C=O) groups excluding carboxylic acids is 2. The third kappa shape index (κ3) is 2.97. The van der Waals surface area contributed by atoms with Crippen molar-refractivity contribution in [3.63, 3.8) is 0 Å². The zero-order valence-corrected chi connectivity index (χ0v) is 15.9. The number of fused-ring (bicyclic) bond motifs is 4. The molecular formula is C20H24N4O4. The Morgan fingerprint density at radius 3 is 2.82 bits per heavy atom. The molecule has 6 heterocycles. The summed E-state index contributed by atoms with van der Waals surface area (Å²) in [5.41, 5.74) is 0.891. The Morgan fingerprint density at radius 2 is 2.07 bits per heavy atom. The van der Waals surface area contributed by atoms with Crippen molar-refractivity contribution in [3.05, 3.63) is 24.0 Å². The monoisotopic (exact) mass is 384 g/mol. The molecule has 2 atom stereocenters. The van der Waals surface area contributed by atoms with Crippen LogP contribution in [-0.2, 0) is 9.53 Å². The van der Waals surface area contributed by atoms with Crippen LogP contribution in [0.5, 0.6) is 0 Å². The first-order valence-corrected chi connectivity index (χ1v) is 9.93. The van der Waals surface area contributed by atoms with E-state index in [1.807, 2.05) is 0 Å². The molecule has 8 heteroatoms. The number of amides is 2. The van der Waals surface area contributed by atoms with Crippen LogP contribution in [0.2, 0.25) is 0 Å². The zero-order valence-electron chi connectivity index (χ0n) is 15.9. The topological polar surface area (TPSA) is 87.9 Å². The normalized spacial score (nSPS) is 30.0. The molecule has 0 aliphatic carbocycles. The molecule has 4 aliphatic rings. The highest BCUT2D eigenvalue weighted by Gasteiger charge is 2.40. The fourth-order valence-electron chi connectivity index (χ4n) is 4.70. The number of pyridine rings is 1. The molecule has 148 valence electrons. The van der Waals surface area contributed by atoms with Crippen LogP contribution < -0.4 is 10.2 Å². The van der Waals surface area contributed by atoms with Crippen molar-refractivity contribution in [2.75, 3.05) is 37.7 Å². The Morgan fingerprint density at radius 1 is 1.25 bits per heavy atom. The quantitative estimate of drug-likeness (QED) is 0.861. The number of morpholine rings is 1. The standard InChI is InChI=1S/C20H24N4O4/c1-12-19(13-2-4-23(12)5-3-13)22-20(26)15-9-16-14(10-21-15)8-18(28-16)24-6-7-27-11-17(24)25/h8-10,12-13,19H,2-7,11H2,1H3,(H,22,26)/t12-,19-/m0/s1. The average molecular weight is 384 g/mol. The van der Waals surface area contributed by atoms with Crippen LogP contribution in [0, 0.1) is 5.92 Å². The van der Waals surface area contributed by atoms with Gasteiger partial charge in [-0.15, -0.1) is 0 Å². The highest BCUT2D eigenvalue weighted by atomic mass is 16.5. The summed E-state index contributed by atoms with van der Waals surface area (Å²) in [6.07, 6.45) is 3.90. The van der Waals surface area contributed by atoms with Gasteiger partial charge >= 0.3 is 0 Å². The van der Waals surface area contributed by atoms with Gasteiger partial charge in [-0.05, 0) is 38.8 Å². The number of nitrogens with zero attached hydrogens (tertiary/aromatic N) is 3. The molecule has 2 amide bonds. The molecule has 0 unspecified atom stereocenters. The van der Waals surface area contributed by atoms with Crippen molar-refractivity contribution in [2.24, 2.45) is 5.92 Å². The predicted octanol–water partition coefficient (Wildman–Crippen LogP) is 1.40. The summed E-state index contributed by atoms with van der Waals surface area (Å²) in [6.45, 7) is 5.42. The number of aromatic nitrogens is 1. The van der Waals surface area contributed by atoms with E-state index >= 15 is 0 Å². The SMILES string of the molecule is C[C@H]1[C@H](NC(=O)c2cc3oc(N4CCOCC4=O)cc3cn2)C2CCN1CC2. The number of piperidine rings is 3. The van der Waals surface area contributed by atoms with Gasteiger partial charge in [0, 0.05) is 35.8 Å². The van der Waals surface area contributed by atoms with Gasteiger partial charge in [-0.3, -0.25) is 24.4 Å². The summed E-state index contributed by atoms with van der Waals surface area (Å²) in [4.78, 5) is 33.2. The maximum atomic E-state index is 12.8. The van der Waals surface area contributed by atoms with Crippen molar-refractivity contribution in [2.45, 2.75) is 31.8 Å². The summed E-state index contributed by atoms with van der Waals surface area (Å²) in [6, 6.07) is 3.95. The van der Waals surface area contributed by atoms with Crippen molar-refractivity contribution >= 4 is 28.7 Å². The molecule has 8 nitrogen and oxygen atoms in total. The average Bonchev–Trinajstić information content (AvgIpc) is 3.14. The van der Waals surface area contributed by atoms with E-state index in [9.17, 15) is 9.59 Å². The van der Waals surface area contributed by atoms with Crippen molar-refractivity contribution in [1.82, 2.24) is 15.2 Å². The van der Waals surface area contributed by atoms with E-state index in [2.05, 4.69) is 22.1 Å². The lowest BCUT2D eigenvalue weighted by Crippen LogP contribution is -2.62. The van der Waals surface area contributed by atoms with Crippen LogP contribution in [0.4, 0.5) is 5.88 Å². The second-order valence-electron chi connectivity index (χ2n) is 7.90. The van der Waals surface area contributed by atoms with Gasteiger partial charge in [0.15, 0.2) is 0 Å². The minimum absolute atomic E-state index is 0.0563. The van der Waals surface area contributed by atoms with Crippen LogP contribution in [0.3, 0.4) is 0 Å². The predicted molar refractivity (Wildman–Crippen MR) is 102 cm³/mol. The van der Waals surface area contributed by atoms with Gasteiger partial charge < -0.3 is 14.5 Å². The molecule has 28 heavy (non-hydrogen) atoms. The maximum Gasteiger partial charge on any atom is 0.270 e. The minimum atomic E-state index is -0.173. The molecule has 4 aliphatic heterocycles. The Balaban J connectivity index is 1.36. The number of hydrogen-bond donors (Lipinski definition) is 1. The molecule has 4 saturated heterocycles. The third-order valence-corrected chi connectivity index (χ3v) is 6.35. The Bertz CT molecular complexity index is 916.